The minimum Gasteiger partial charge on any atom is -0.347 e. The van der Waals surface area contributed by atoms with Crippen molar-refractivity contribution in [3.63, 3.8) is 0 Å². The average Bonchev–Trinajstić information content (AvgIpc) is 3.42. The van der Waals surface area contributed by atoms with Crippen LogP contribution >= 0.6 is 23.1 Å². The van der Waals surface area contributed by atoms with Crippen LogP contribution in [-0.4, -0.2) is 27.3 Å². The summed E-state index contributed by atoms with van der Waals surface area (Å²) >= 11 is 2.96. The van der Waals surface area contributed by atoms with E-state index in [9.17, 15) is 4.79 Å². The molecule has 4 rings (SSSR count). The second kappa shape index (κ2) is 8.37. The molecule has 1 aromatic carbocycles. The predicted molar refractivity (Wildman–Crippen MR) is 110 cm³/mol. The van der Waals surface area contributed by atoms with E-state index in [4.69, 9.17) is 4.52 Å². The highest BCUT2D eigenvalue weighted by Gasteiger charge is 2.14. The minimum atomic E-state index is -0.142. The zero-order valence-electron chi connectivity index (χ0n) is 15.0. The van der Waals surface area contributed by atoms with Gasteiger partial charge in [0.25, 0.3) is 11.8 Å². The fourth-order valence-electron chi connectivity index (χ4n) is 2.60. The van der Waals surface area contributed by atoms with Crippen LogP contribution in [0.15, 0.2) is 70.3 Å². The van der Waals surface area contributed by atoms with Crippen LogP contribution in [0.25, 0.3) is 22.2 Å². The molecule has 0 aliphatic carbocycles. The van der Waals surface area contributed by atoms with Gasteiger partial charge in [-0.1, -0.05) is 35.5 Å². The van der Waals surface area contributed by atoms with E-state index in [1.165, 1.54) is 23.1 Å². The summed E-state index contributed by atoms with van der Waals surface area (Å²) in [5, 5.41) is 7.70. The maximum absolute atomic E-state index is 12.4. The Kier molecular flexibility index (Phi) is 5.50. The standard InChI is InChI=1S/C20H16N4O2S2/c1-27-20-15(8-5-11-21-20)18(25)22-12-14-9-10-16(28-14)19-23-17(24-26-19)13-6-3-2-4-7-13/h2-11H,12H2,1H3,(H,22,25). The van der Waals surface area contributed by atoms with Gasteiger partial charge in [-0.2, -0.15) is 4.98 Å². The molecule has 4 aromatic rings. The Morgan fingerprint density at radius 2 is 2.00 bits per heavy atom. The average molecular weight is 409 g/mol. The van der Waals surface area contributed by atoms with Crippen LogP contribution in [-0.2, 0) is 6.54 Å². The maximum Gasteiger partial charge on any atom is 0.268 e. The molecular weight excluding hydrogens is 392 g/mol. The number of amides is 1. The zero-order valence-corrected chi connectivity index (χ0v) is 16.6. The van der Waals surface area contributed by atoms with Crippen LogP contribution in [0.3, 0.4) is 0 Å². The van der Waals surface area contributed by atoms with Gasteiger partial charge in [-0.3, -0.25) is 4.79 Å². The summed E-state index contributed by atoms with van der Waals surface area (Å²) in [4.78, 5) is 23.0. The molecular formula is C20H16N4O2S2. The van der Waals surface area contributed by atoms with E-state index in [-0.39, 0.29) is 5.91 Å². The fourth-order valence-corrected chi connectivity index (χ4v) is 4.02. The third-order valence-electron chi connectivity index (χ3n) is 3.96. The van der Waals surface area contributed by atoms with Crippen molar-refractivity contribution < 1.29 is 9.32 Å². The second-order valence-electron chi connectivity index (χ2n) is 5.80. The summed E-state index contributed by atoms with van der Waals surface area (Å²) in [6.07, 6.45) is 3.58. The SMILES string of the molecule is CSc1ncccc1C(=O)NCc1ccc(-c2nc(-c3ccccc3)no2)s1. The molecule has 0 unspecified atom stereocenters. The molecule has 6 nitrogen and oxygen atoms in total. The summed E-state index contributed by atoms with van der Waals surface area (Å²) in [7, 11) is 0. The van der Waals surface area contributed by atoms with Gasteiger partial charge in [-0.15, -0.1) is 23.1 Å². The molecule has 8 heteroatoms. The number of pyridine rings is 1. The Hall–Kier alpha value is -2.97. The van der Waals surface area contributed by atoms with Gasteiger partial charge in [0.05, 0.1) is 17.0 Å². The van der Waals surface area contributed by atoms with E-state index < -0.39 is 0 Å². The number of nitrogens with one attached hydrogen (secondary N) is 1. The Morgan fingerprint density at radius 1 is 1.14 bits per heavy atom. The number of rotatable bonds is 6. The van der Waals surface area contributed by atoms with E-state index >= 15 is 0 Å². The number of hydrogen-bond acceptors (Lipinski definition) is 7. The van der Waals surface area contributed by atoms with E-state index in [2.05, 4.69) is 20.4 Å². The number of thiophene rings is 1. The lowest BCUT2D eigenvalue weighted by Crippen LogP contribution is -2.23. The van der Waals surface area contributed by atoms with Crippen molar-refractivity contribution in [1.82, 2.24) is 20.4 Å². The van der Waals surface area contributed by atoms with Gasteiger partial charge < -0.3 is 9.84 Å². The Balaban J connectivity index is 1.44. The zero-order chi connectivity index (χ0) is 19.3. The summed E-state index contributed by atoms with van der Waals surface area (Å²) < 4.78 is 5.39. The van der Waals surface area contributed by atoms with Gasteiger partial charge in [0.2, 0.25) is 5.82 Å². The largest absolute Gasteiger partial charge is 0.347 e. The molecule has 0 aliphatic rings. The van der Waals surface area contributed by atoms with Crippen LogP contribution in [0.2, 0.25) is 0 Å². The molecule has 0 atom stereocenters. The smallest absolute Gasteiger partial charge is 0.268 e. The van der Waals surface area contributed by atoms with Gasteiger partial charge in [0, 0.05) is 16.6 Å². The van der Waals surface area contributed by atoms with Gasteiger partial charge >= 0.3 is 0 Å². The molecule has 0 radical (unpaired) electrons. The molecule has 140 valence electrons. The number of nitrogens with zero attached hydrogens (tertiary/aromatic N) is 3. The van der Waals surface area contributed by atoms with E-state index in [0.717, 1.165) is 15.3 Å². The Labute approximate surface area is 170 Å². The highest BCUT2D eigenvalue weighted by atomic mass is 32.2. The summed E-state index contributed by atoms with van der Waals surface area (Å²) in [5.41, 5.74) is 1.48. The first-order valence-corrected chi connectivity index (χ1v) is 10.5. The van der Waals surface area contributed by atoms with Crippen LogP contribution in [0.4, 0.5) is 0 Å². The minimum absolute atomic E-state index is 0.142. The number of aromatic nitrogens is 3. The summed E-state index contributed by atoms with van der Waals surface area (Å²) in [6.45, 7) is 0.423. The van der Waals surface area contributed by atoms with Crippen molar-refractivity contribution in [3.05, 3.63) is 71.2 Å². The van der Waals surface area contributed by atoms with Crippen molar-refractivity contribution >= 4 is 29.0 Å². The number of carbonyl (C=O) groups excluding carboxylic acids is 1. The first-order valence-electron chi connectivity index (χ1n) is 8.50. The van der Waals surface area contributed by atoms with Gasteiger partial charge in [-0.25, -0.2) is 4.98 Å². The molecule has 0 saturated heterocycles. The maximum atomic E-state index is 12.4. The molecule has 28 heavy (non-hydrogen) atoms. The lowest BCUT2D eigenvalue weighted by molar-refractivity contribution is 0.0947. The number of hydrogen-bond donors (Lipinski definition) is 1. The molecule has 0 saturated carbocycles. The molecule has 1 amide bonds. The third kappa shape index (κ3) is 3.97. The van der Waals surface area contributed by atoms with Crippen LogP contribution in [0.1, 0.15) is 15.2 Å². The first kappa shape index (κ1) is 18.4. The lowest BCUT2D eigenvalue weighted by Gasteiger charge is -2.06. The highest BCUT2D eigenvalue weighted by Crippen LogP contribution is 2.28. The van der Waals surface area contributed by atoms with Gasteiger partial charge in [-0.05, 0) is 30.5 Å². The van der Waals surface area contributed by atoms with E-state index in [1.807, 2.05) is 48.7 Å². The van der Waals surface area contributed by atoms with Gasteiger partial charge in [0.15, 0.2) is 0 Å². The fraction of sp³-hybridized carbons (Fsp3) is 0.100. The molecule has 3 heterocycles. The summed E-state index contributed by atoms with van der Waals surface area (Å²) in [5.74, 6) is 0.884. The Bertz CT molecular complexity index is 1090. The van der Waals surface area contributed by atoms with Gasteiger partial charge in [0.1, 0.15) is 5.03 Å². The molecule has 0 aliphatic heterocycles. The monoisotopic (exact) mass is 408 g/mol. The predicted octanol–water partition coefficient (Wildman–Crippen LogP) is 4.51. The van der Waals surface area contributed by atoms with E-state index in [1.54, 1.807) is 18.3 Å². The molecule has 1 N–H and O–H groups in total. The molecule has 0 spiro atoms. The molecule has 0 bridgehead atoms. The van der Waals surface area contributed by atoms with Crippen LogP contribution in [0, 0.1) is 0 Å². The van der Waals surface area contributed by atoms with Crippen molar-refractivity contribution in [2.45, 2.75) is 11.6 Å². The normalized spacial score (nSPS) is 10.8. The molecule has 0 fully saturated rings. The van der Waals surface area contributed by atoms with Crippen molar-refractivity contribution in [1.29, 1.82) is 0 Å². The second-order valence-corrected chi connectivity index (χ2v) is 7.76. The Morgan fingerprint density at radius 3 is 2.82 bits per heavy atom. The van der Waals surface area contributed by atoms with Crippen molar-refractivity contribution in [3.8, 4) is 22.2 Å². The number of thioether (sulfide) groups is 1. The lowest BCUT2D eigenvalue weighted by atomic mass is 10.2. The third-order valence-corrected chi connectivity index (χ3v) is 5.75. The first-order chi connectivity index (χ1) is 13.7. The highest BCUT2D eigenvalue weighted by molar-refractivity contribution is 7.98. The topological polar surface area (TPSA) is 80.9 Å². The van der Waals surface area contributed by atoms with Crippen molar-refractivity contribution in [2.24, 2.45) is 0 Å². The molecule has 3 aromatic heterocycles. The van der Waals surface area contributed by atoms with Crippen molar-refractivity contribution in [2.75, 3.05) is 6.26 Å². The summed E-state index contributed by atoms with van der Waals surface area (Å²) in [6, 6.07) is 17.1. The number of benzene rings is 1. The van der Waals surface area contributed by atoms with Crippen LogP contribution < -0.4 is 5.32 Å². The van der Waals surface area contributed by atoms with E-state index in [0.29, 0.717) is 28.8 Å². The number of carbonyl (C=O) groups is 1. The quantitative estimate of drug-likeness (QED) is 0.473. The van der Waals surface area contributed by atoms with Crippen LogP contribution in [0.5, 0.6) is 0 Å².